The Kier molecular flexibility index (Phi) is 4.77. The van der Waals surface area contributed by atoms with E-state index in [0.717, 1.165) is 19.6 Å². The van der Waals surface area contributed by atoms with Crippen molar-refractivity contribution in [2.45, 2.75) is 27.3 Å². The van der Waals surface area contributed by atoms with E-state index < -0.39 is 0 Å². The molecule has 0 spiro atoms. The fourth-order valence-corrected chi connectivity index (χ4v) is 2.30. The summed E-state index contributed by atoms with van der Waals surface area (Å²) in [4.78, 5) is 3.77. The van der Waals surface area contributed by atoms with Crippen molar-refractivity contribution in [3.05, 3.63) is 22.4 Å². The topological polar surface area (TPSA) is 23.5 Å². The molecule has 2 nitrogen and oxygen atoms in total. The second-order valence-corrected chi connectivity index (χ2v) is 5.74. The normalized spacial score (nSPS) is 12.3. The lowest BCUT2D eigenvalue weighted by atomic mass is 9.94. The molecule has 1 heterocycles. The monoisotopic (exact) mass is 227 g/mol. The summed E-state index contributed by atoms with van der Waals surface area (Å²) >= 11 is 1.80. The molecule has 3 heteroatoms. The third kappa shape index (κ3) is 4.33. The number of thiophene rings is 1. The molecule has 15 heavy (non-hydrogen) atoms. The third-order valence-electron chi connectivity index (χ3n) is 2.49. The lowest BCUT2D eigenvalue weighted by Crippen LogP contribution is -2.35. The van der Waals surface area contributed by atoms with Gasteiger partial charge in [-0.2, -0.15) is 0 Å². The average Bonchev–Trinajstić information content (AvgIpc) is 2.69. The molecule has 0 unspecified atom stereocenters. The van der Waals surface area contributed by atoms with Crippen LogP contribution in [0.1, 0.15) is 25.6 Å². The van der Waals surface area contributed by atoms with Gasteiger partial charge < -0.3 is 5.11 Å². The molecule has 1 aromatic heterocycles. The number of aliphatic hydroxyl groups is 1. The molecule has 0 bridgehead atoms. The minimum Gasteiger partial charge on any atom is -0.396 e. The van der Waals surface area contributed by atoms with Crippen LogP contribution < -0.4 is 0 Å². The number of nitrogens with zero attached hydrogens (tertiary/aromatic N) is 1. The van der Waals surface area contributed by atoms with Crippen molar-refractivity contribution in [3.8, 4) is 0 Å². The SMILES string of the molecule is CCN(Cc1cccs1)CC(C)(C)CO. The molecule has 1 aromatic rings. The van der Waals surface area contributed by atoms with Gasteiger partial charge in [-0.25, -0.2) is 0 Å². The summed E-state index contributed by atoms with van der Waals surface area (Å²) in [6.45, 7) is 9.58. The number of aliphatic hydroxyl groups excluding tert-OH is 1. The predicted octanol–water partition coefficient (Wildman–Crippen LogP) is 2.59. The molecular weight excluding hydrogens is 206 g/mol. The van der Waals surface area contributed by atoms with Crippen LogP contribution in [0.2, 0.25) is 0 Å². The van der Waals surface area contributed by atoms with Crippen LogP contribution in [0.15, 0.2) is 17.5 Å². The van der Waals surface area contributed by atoms with Crippen LogP contribution in [0.5, 0.6) is 0 Å². The number of hydrogen-bond donors (Lipinski definition) is 1. The van der Waals surface area contributed by atoms with Crippen molar-refractivity contribution in [1.29, 1.82) is 0 Å². The van der Waals surface area contributed by atoms with Gasteiger partial charge in [0.1, 0.15) is 0 Å². The standard InChI is InChI=1S/C12H21NOS/c1-4-13(9-12(2,3)10-14)8-11-6-5-7-15-11/h5-7,14H,4,8-10H2,1-3H3. The zero-order valence-electron chi connectivity index (χ0n) is 9.86. The average molecular weight is 227 g/mol. The van der Waals surface area contributed by atoms with E-state index in [4.69, 9.17) is 0 Å². The summed E-state index contributed by atoms with van der Waals surface area (Å²) in [6, 6.07) is 4.25. The van der Waals surface area contributed by atoms with E-state index in [1.807, 2.05) is 0 Å². The Bertz CT molecular complexity index is 269. The van der Waals surface area contributed by atoms with Gasteiger partial charge in [-0.15, -0.1) is 11.3 Å². The van der Waals surface area contributed by atoms with E-state index in [1.165, 1.54) is 4.88 Å². The minimum atomic E-state index is -0.00668. The largest absolute Gasteiger partial charge is 0.396 e. The van der Waals surface area contributed by atoms with Crippen molar-refractivity contribution in [3.63, 3.8) is 0 Å². The van der Waals surface area contributed by atoms with Crippen LogP contribution in [-0.2, 0) is 6.54 Å². The van der Waals surface area contributed by atoms with Gasteiger partial charge in [-0.05, 0) is 18.0 Å². The maximum Gasteiger partial charge on any atom is 0.0494 e. The molecule has 0 aliphatic rings. The van der Waals surface area contributed by atoms with Crippen LogP contribution in [0.4, 0.5) is 0 Å². The Labute approximate surface area is 96.5 Å². The molecule has 1 N–H and O–H groups in total. The summed E-state index contributed by atoms with van der Waals surface area (Å²) in [5, 5.41) is 11.4. The van der Waals surface area contributed by atoms with Crippen LogP contribution >= 0.6 is 11.3 Å². The molecule has 0 aliphatic carbocycles. The van der Waals surface area contributed by atoms with Crippen molar-refractivity contribution in [2.75, 3.05) is 19.7 Å². The molecule has 0 aromatic carbocycles. The van der Waals surface area contributed by atoms with Crippen molar-refractivity contribution < 1.29 is 5.11 Å². The molecular formula is C12H21NOS. The predicted molar refractivity (Wildman–Crippen MR) is 66.1 cm³/mol. The summed E-state index contributed by atoms with van der Waals surface area (Å²) in [6.07, 6.45) is 0. The summed E-state index contributed by atoms with van der Waals surface area (Å²) in [5.41, 5.74) is -0.00668. The van der Waals surface area contributed by atoms with Gasteiger partial charge in [-0.1, -0.05) is 26.8 Å². The highest BCUT2D eigenvalue weighted by Gasteiger charge is 2.20. The van der Waals surface area contributed by atoms with Gasteiger partial charge in [0.25, 0.3) is 0 Å². The quantitative estimate of drug-likeness (QED) is 0.807. The maximum absolute atomic E-state index is 9.24. The van der Waals surface area contributed by atoms with E-state index in [1.54, 1.807) is 11.3 Å². The van der Waals surface area contributed by atoms with Crippen LogP contribution in [0.3, 0.4) is 0 Å². The summed E-state index contributed by atoms with van der Waals surface area (Å²) < 4.78 is 0. The molecule has 1 rings (SSSR count). The molecule has 0 radical (unpaired) electrons. The first kappa shape index (κ1) is 12.7. The van der Waals surface area contributed by atoms with Gasteiger partial charge in [-0.3, -0.25) is 4.90 Å². The van der Waals surface area contributed by atoms with Crippen molar-refractivity contribution >= 4 is 11.3 Å². The van der Waals surface area contributed by atoms with E-state index in [-0.39, 0.29) is 12.0 Å². The third-order valence-corrected chi connectivity index (χ3v) is 3.35. The first-order valence-electron chi connectivity index (χ1n) is 5.43. The molecule has 0 amide bonds. The Morgan fingerprint density at radius 3 is 2.67 bits per heavy atom. The van der Waals surface area contributed by atoms with Crippen LogP contribution in [-0.4, -0.2) is 29.7 Å². The van der Waals surface area contributed by atoms with Crippen molar-refractivity contribution in [2.24, 2.45) is 5.41 Å². The highest BCUT2D eigenvalue weighted by molar-refractivity contribution is 7.09. The Hall–Kier alpha value is -0.380. The van der Waals surface area contributed by atoms with Crippen LogP contribution in [0, 0.1) is 5.41 Å². The molecule has 0 saturated carbocycles. The lowest BCUT2D eigenvalue weighted by molar-refractivity contribution is 0.102. The zero-order chi connectivity index (χ0) is 11.3. The highest BCUT2D eigenvalue weighted by Crippen LogP contribution is 2.18. The van der Waals surface area contributed by atoms with Gasteiger partial charge in [0.2, 0.25) is 0 Å². The highest BCUT2D eigenvalue weighted by atomic mass is 32.1. The van der Waals surface area contributed by atoms with Crippen LogP contribution in [0.25, 0.3) is 0 Å². The van der Waals surface area contributed by atoms with E-state index >= 15 is 0 Å². The zero-order valence-corrected chi connectivity index (χ0v) is 10.7. The van der Waals surface area contributed by atoms with E-state index in [2.05, 4.69) is 43.2 Å². The van der Waals surface area contributed by atoms with Gasteiger partial charge >= 0.3 is 0 Å². The maximum atomic E-state index is 9.24. The first-order valence-corrected chi connectivity index (χ1v) is 6.31. The molecule has 0 atom stereocenters. The fraction of sp³-hybridized carbons (Fsp3) is 0.667. The Balaban J connectivity index is 2.50. The smallest absolute Gasteiger partial charge is 0.0494 e. The first-order chi connectivity index (χ1) is 7.07. The summed E-state index contributed by atoms with van der Waals surface area (Å²) in [7, 11) is 0. The van der Waals surface area contributed by atoms with Gasteiger partial charge in [0.05, 0.1) is 0 Å². The van der Waals surface area contributed by atoms with Gasteiger partial charge in [0, 0.05) is 30.0 Å². The summed E-state index contributed by atoms with van der Waals surface area (Å²) in [5.74, 6) is 0. The molecule has 86 valence electrons. The fourth-order valence-electron chi connectivity index (χ4n) is 1.56. The second kappa shape index (κ2) is 5.64. The number of rotatable bonds is 6. The molecule has 0 fully saturated rings. The van der Waals surface area contributed by atoms with E-state index in [0.29, 0.717) is 0 Å². The minimum absolute atomic E-state index is 0.00668. The molecule has 0 saturated heterocycles. The lowest BCUT2D eigenvalue weighted by Gasteiger charge is -2.30. The van der Waals surface area contributed by atoms with Gasteiger partial charge in [0.15, 0.2) is 0 Å². The molecule has 0 aliphatic heterocycles. The Morgan fingerprint density at radius 1 is 1.47 bits per heavy atom. The number of hydrogen-bond acceptors (Lipinski definition) is 3. The second-order valence-electron chi connectivity index (χ2n) is 4.70. The Morgan fingerprint density at radius 2 is 2.20 bits per heavy atom. The van der Waals surface area contributed by atoms with Crippen molar-refractivity contribution in [1.82, 2.24) is 4.90 Å². The van der Waals surface area contributed by atoms with E-state index in [9.17, 15) is 5.11 Å².